The number of halogens is 3. The van der Waals surface area contributed by atoms with Crippen LogP contribution in [0.1, 0.15) is 36.0 Å². The maximum Gasteiger partial charge on any atom is 0.416 e. The van der Waals surface area contributed by atoms with E-state index in [4.69, 9.17) is 9.73 Å². The van der Waals surface area contributed by atoms with Gasteiger partial charge in [0.1, 0.15) is 17.5 Å². The highest BCUT2D eigenvalue weighted by Crippen LogP contribution is 2.36. The Labute approximate surface area is 215 Å². The Morgan fingerprint density at radius 1 is 1.13 bits per heavy atom. The molecule has 6 rings (SSSR count). The van der Waals surface area contributed by atoms with Crippen LogP contribution in [0.2, 0.25) is 0 Å². The number of ether oxygens (including phenoxy) is 1. The summed E-state index contributed by atoms with van der Waals surface area (Å²) in [5.41, 5.74) is 2.20. The van der Waals surface area contributed by atoms with E-state index >= 15 is 0 Å². The summed E-state index contributed by atoms with van der Waals surface area (Å²) < 4.78 is 48.8. The highest BCUT2D eigenvalue weighted by Gasteiger charge is 2.31. The van der Waals surface area contributed by atoms with Crippen molar-refractivity contribution in [3.05, 3.63) is 81.5 Å². The van der Waals surface area contributed by atoms with Crippen LogP contribution in [0.5, 0.6) is 0 Å². The van der Waals surface area contributed by atoms with Gasteiger partial charge in [0.2, 0.25) is 0 Å². The Balaban J connectivity index is 1.50. The quantitative estimate of drug-likeness (QED) is 0.434. The Morgan fingerprint density at radius 2 is 1.95 bits per heavy atom. The summed E-state index contributed by atoms with van der Waals surface area (Å²) in [6.45, 7) is 5.90. The van der Waals surface area contributed by atoms with Crippen molar-refractivity contribution < 1.29 is 17.9 Å². The highest BCUT2D eigenvalue weighted by atomic mass is 19.4. The van der Waals surface area contributed by atoms with E-state index in [-0.39, 0.29) is 11.6 Å². The molecule has 2 aromatic rings. The number of aromatic nitrogens is 4. The number of rotatable bonds is 4. The molecule has 1 aromatic heterocycles. The Morgan fingerprint density at radius 3 is 2.66 bits per heavy atom. The molecule has 1 saturated heterocycles. The van der Waals surface area contributed by atoms with Gasteiger partial charge in [0.15, 0.2) is 5.49 Å². The van der Waals surface area contributed by atoms with Crippen LogP contribution in [0.4, 0.5) is 19.0 Å². The van der Waals surface area contributed by atoms with Crippen LogP contribution >= 0.6 is 0 Å². The molecule has 0 bridgehead atoms. The molecule has 0 radical (unpaired) electrons. The molecule has 11 heteroatoms. The number of fused-ring (bicyclic) bond motifs is 3. The molecule has 0 spiro atoms. The third kappa shape index (κ3) is 4.26. The summed E-state index contributed by atoms with van der Waals surface area (Å²) in [7, 11) is 0. The lowest BCUT2D eigenvalue weighted by Crippen LogP contribution is -2.36. The van der Waals surface area contributed by atoms with E-state index in [0.29, 0.717) is 54.6 Å². The minimum Gasteiger partial charge on any atom is -0.377 e. The molecule has 4 aliphatic heterocycles. The third-order valence-corrected chi connectivity index (χ3v) is 7.00. The average molecular weight is 523 g/mol. The number of nitrogens with one attached hydrogen (secondary N) is 1. The number of benzene rings is 1. The number of nitrogens with zero attached hydrogens (tertiary/aromatic N) is 5. The molecule has 1 N–H and O–H groups in total. The first-order chi connectivity index (χ1) is 18.2. The SMILES string of the molecule is Cc1nc2n3c(c(-c4ccn(C5COC5)c(=O)c4)cc-2c(=N[C@H](C)c2cccc(C(F)(F)F)c2)n1)NCC3. The number of alkyl halides is 3. The predicted octanol–water partition coefficient (Wildman–Crippen LogP) is 4.20. The van der Waals surface area contributed by atoms with Crippen LogP contribution in [-0.2, 0) is 17.5 Å². The van der Waals surface area contributed by atoms with Crippen LogP contribution < -0.4 is 16.4 Å². The molecular formula is C27H25F3N6O2. The maximum atomic E-state index is 13.3. The molecule has 4 aliphatic rings. The Bertz CT molecular complexity index is 1640. The lowest BCUT2D eigenvalue weighted by atomic mass is 10.0. The van der Waals surface area contributed by atoms with Crippen molar-refractivity contribution in [3.63, 3.8) is 0 Å². The van der Waals surface area contributed by atoms with Crippen molar-refractivity contribution in [3.8, 4) is 22.5 Å². The van der Waals surface area contributed by atoms with Gasteiger partial charge in [0.25, 0.3) is 5.56 Å². The second kappa shape index (κ2) is 9.09. The van der Waals surface area contributed by atoms with Crippen molar-refractivity contribution in [1.82, 2.24) is 19.1 Å². The fraction of sp³-hybridized carbons (Fsp3) is 0.333. The van der Waals surface area contributed by atoms with Gasteiger partial charge in [-0.1, -0.05) is 12.1 Å². The molecule has 0 unspecified atom stereocenters. The van der Waals surface area contributed by atoms with Crippen LogP contribution in [-0.4, -0.2) is 38.9 Å². The molecule has 1 aromatic carbocycles. The van der Waals surface area contributed by atoms with E-state index < -0.39 is 17.8 Å². The Hall–Kier alpha value is -3.99. The first kappa shape index (κ1) is 24.4. The van der Waals surface area contributed by atoms with E-state index in [1.165, 1.54) is 6.07 Å². The van der Waals surface area contributed by atoms with E-state index in [1.807, 2.05) is 16.7 Å². The Kier molecular flexibility index (Phi) is 5.82. The fourth-order valence-electron chi connectivity index (χ4n) is 4.94. The van der Waals surface area contributed by atoms with Crippen LogP contribution in [0, 0.1) is 6.92 Å². The monoisotopic (exact) mass is 522 g/mol. The van der Waals surface area contributed by atoms with Gasteiger partial charge in [0.05, 0.1) is 36.4 Å². The number of pyridine rings is 2. The van der Waals surface area contributed by atoms with Gasteiger partial charge in [-0.05, 0) is 49.2 Å². The summed E-state index contributed by atoms with van der Waals surface area (Å²) in [4.78, 5) is 26.8. The molecule has 196 valence electrons. The minimum atomic E-state index is -4.44. The summed E-state index contributed by atoms with van der Waals surface area (Å²) in [5, 5.41) is 3.40. The molecule has 0 saturated carbocycles. The van der Waals surface area contributed by atoms with Gasteiger partial charge >= 0.3 is 6.18 Å². The molecule has 0 aliphatic carbocycles. The van der Waals surface area contributed by atoms with E-state index in [9.17, 15) is 18.0 Å². The van der Waals surface area contributed by atoms with Gasteiger partial charge in [-0.25, -0.2) is 9.97 Å². The average Bonchev–Trinajstić information content (AvgIpc) is 3.34. The van der Waals surface area contributed by atoms with Crippen molar-refractivity contribution in [2.75, 3.05) is 25.1 Å². The van der Waals surface area contributed by atoms with Gasteiger partial charge in [0, 0.05) is 30.9 Å². The van der Waals surface area contributed by atoms with Crippen LogP contribution in [0.15, 0.2) is 58.4 Å². The molecule has 8 nitrogen and oxygen atoms in total. The molecule has 1 fully saturated rings. The summed E-state index contributed by atoms with van der Waals surface area (Å²) >= 11 is 0. The van der Waals surface area contributed by atoms with E-state index in [0.717, 1.165) is 29.1 Å². The van der Waals surface area contributed by atoms with Gasteiger partial charge in [-0.3, -0.25) is 9.79 Å². The lowest BCUT2D eigenvalue weighted by Gasteiger charge is -2.28. The minimum absolute atomic E-state index is 0.0467. The number of hydrogen-bond acceptors (Lipinski definition) is 6. The zero-order chi connectivity index (χ0) is 26.6. The van der Waals surface area contributed by atoms with Crippen molar-refractivity contribution in [1.29, 1.82) is 0 Å². The van der Waals surface area contributed by atoms with Crippen molar-refractivity contribution >= 4 is 5.82 Å². The van der Waals surface area contributed by atoms with Crippen molar-refractivity contribution in [2.24, 2.45) is 4.99 Å². The van der Waals surface area contributed by atoms with Crippen LogP contribution in [0.3, 0.4) is 0 Å². The summed E-state index contributed by atoms with van der Waals surface area (Å²) in [6.07, 6.45) is -2.65. The van der Waals surface area contributed by atoms with Gasteiger partial charge in [-0.15, -0.1) is 0 Å². The molecule has 5 heterocycles. The normalized spacial score (nSPS) is 16.8. The lowest BCUT2D eigenvalue weighted by molar-refractivity contribution is -0.137. The maximum absolute atomic E-state index is 13.3. The second-order valence-electron chi connectivity index (χ2n) is 9.60. The molecule has 0 amide bonds. The number of anilines is 1. The zero-order valence-corrected chi connectivity index (χ0v) is 20.8. The van der Waals surface area contributed by atoms with Gasteiger partial charge in [-0.2, -0.15) is 13.2 Å². The summed E-state index contributed by atoms with van der Waals surface area (Å²) in [6, 6.07) is 10.1. The topological polar surface area (TPSA) is 86.3 Å². The standard InChI is InChI=1S/C27H25F3N6O2/c1-15(17-4-3-5-19(10-17)27(28,29)30)32-24-22-12-21(18-6-8-35(23(37)11-18)20-13-38-14-20)25-31-7-9-36(25)26(22)34-16(2)33-24/h3-6,8,10-12,15,20,31H,7,9,13-14H2,1-2H3/t15-/m1/s1. The third-order valence-electron chi connectivity index (χ3n) is 7.00. The number of aryl methyl sites for hydroxylation is 1. The second-order valence-corrected chi connectivity index (χ2v) is 9.60. The highest BCUT2D eigenvalue weighted by molar-refractivity contribution is 5.82. The first-order valence-electron chi connectivity index (χ1n) is 12.4. The fourth-order valence-corrected chi connectivity index (χ4v) is 4.94. The largest absolute Gasteiger partial charge is 0.416 e. The van der Waals surface area contributed by atoms with E-state index in [2.05, 4.69) is 15.3 Å². The molecule has 38 heavy (non-hydrogen) atoms. The van der Waals surface area contributed by atoms with Gasteiger partial charge < -0.3 is 19.2 Å². The predicted molar refractivity (Wildman–Crippen MR) is 135 cm³/mol. The summed E-state index contributed by atoms with van der Waals surface area (Å²) in [5.74, 6) is 2.03. The van der Waals surface area contributed by atoms with Crippen LogP contribution in [0.25, 0.3) is 22.5 Å². The zero-order valence-electron chi connectivity index (χ0n) is 20.8. The smallest absolute Gasteiger partial charge is 0.377 e. The number of hydrogen-bond donors (Lipinski definition) is 1. The molecular weight excluding hydrogens is 497 g/mol. The molecule has 1 atom stereocenters. The van der Waals surface area contributed by atoms with Crippen molar-refractivity contribution in [2.45, 2.75) is 38.7 Å². The van der Waals surface area contributed by atoms with E-state index in [1.54, 1.807) is 36.7 Å². The first-order valence-corrected chi connectivity index (χ1v) is 12.4.